The number of nitrogens with zero attached hydrogens (tertiary/aromatic N) is 2. The van der Waals surface area contributed by atoms with Crippen molar-refractivity contribution in [1.82, 2.24) is 9.29 Å². The first-order valence-electron chi connectivity index (χ1n) is 8.60. The van der Waals surface area contributed by atoms with Crippen molar-refractivity contribution in [3.05, 3.63) is 53.2 Å². The average Bonchev–Trinajstić information content (AvgIpc) is 2.71. The van der Waals surface area contributed by atoms with Crippen LogP contribution in [0.5, 0.6) is 0 Å². The molecule has 1 N–H and O–H groups in total. The van der Waals surface area contributed by atoms with E-state index in [-0.39, 0.29) is 21.8 Å². The molecular formula is C19H21N3O7S. The smallest absolute Gasteiger partial charge is 0.337 e. The van der Waals surface area contributed by atoms with Crippen LogP contribution in [0.1, 0.15) is 26.4 Å². The number of methoxy groups -OCH3 is 2. The number of anilines is 1. The van der Waals surface area contributed by atoms with Crippen molar-refractivity contribution in [3.63, 3.8) is 0 Å². The molecule has 0 saturated heterocycles. The maximum atomic E-state index is 12.9. The van der Waals surface area contributed by atoms with Crippen LogP contribution in [0.2, 0.25) is 0 Å². The number of likely N-dealkylation sites (N-methyl/N-ethyl adjacent to an activating group) is 1. The van der Waals surface area contributed by atoms with Crippen molar-refractivity contribution in [2.75, 3.05) is 33.1 Å². The third-order valence-electron chi connectivity index (χ3n) is 3.98. The van der Waals surface area contributed by atoms with Gasteiger partial charge in [0.2, 0.25) is 15.9 Å². The Morgan fingerprint density at radius 3 is 2.10 bits per heavy atom. The topological polar surface area (TPSA) is 132 Å². The van der Waals surface area contributed by atoms with Crippen molar-refractivity contribution in [1.29, 1.82) is 0 Å². The highest BCUT2D eigenvalue weighted by molar-refractivity contribution is 7.89. The molecule has 0 saturated carbocycles. The molecule has 0 radical (unpaired) electrons. The summed E-state index contributed by atoms with van der Waals surface area (Å²) in [5, 5.41) is 2.51. The first-order valence-corrected chi connectivity index (χ1v) is 10.0. The molecule has 30 heavy (non-hydrogen) atoms. The van der Waals surface area contributed by atoms with E-state index >= 15 is 0 Å². The number of rotatable bonds is 7. The Labute approximate surface area is 173 Å². The highest BCUT2D eigenvalue weighted by atomic mass is 32.2. The molecule has 0 aliphatic rings. The molecule has 1 amide bonds. The van der Waals surface area contributed by atoms with Crippen LogP contribution in [0, 0.1) is 6.92 Å². The lowest BCUT2D eigenvalue weighted by Crippen LogP contribution is -2.35. The first-order chi connectivity index (χ1) is 14.1. The number of carbonyl (C=O) groups is 3. The fraction of sp³-hybridized carbons (Fsp3) is 0.263. The van der Waals surface area contributed by atoms with Gasteiger partial charge in [-0.1, -0.05) is 6.07 Å². The van der Waals surface area contributed by atoms with Crippen LogP contribution in [0.25, 0.3) is 0 Å². The van der Waals surface area contributed by atoms with Gasteiger partial charge in [0.15, 0.2) is 0 Å². The maximum Gasteiger partial charge on any atom is 0.337 e. The van der Waals surface area contributed by atoms with E-state index in [1.54, 1.807) is 25.1 Å². The van der Waals surface area contributed by atoms with Crippen molar-refractivity contribution < 1.29 is 32.3 Å². The standard InChI is InChI=1S/C19H21N3O7S/c1-12-6-5-7-16(20-12)21-17(23)11-22(2)30(26,27)15-9-13(18(24)28-3)8-14(10-15)19(25)29-4/h5-10H,11H2,1-4H3,(H,20,21,23). The molecule has 0 spiro atoms. The molecule has 0 aliphatic heterocycles. The van der Waals surface area contributed by atoms with Crippen LogP contribution >= 0.6 is 0 Å². The van der Waals surface area contributed by atoms with Gasteiger partial charge in [-0.2, -0.15) is 4.31 Å². The number of amides is 1. The molecule has 1 aromatic carbocycles. The van der Waals surface area contributed by atoms with Gasteiger partial charge >= 0.3 is 11.9 Å². The molecule has 0 bridgehead atoms. The van der Waals surface area contributed by atoms with Crippen LogP contribution in [-0.4, -0.2) is 63.4 Å². The van der Waals surface area contributed by atoms with E-state index in [1.165, 1.54) is 7.05 Å². The van der Waals surface area contributed by atoms with Crippen molar-refractivity contribution in [2.24, 2.45) is 0 Å². The number of aryl methyl sites for hydroxylation is 1. The number of carbonyl (C=O) groups excluding carboxylic acids is 3. The number of ether oxygens (including phenoxy) is 2. The summed E-state index contributed by atoms with van der Waals surface area (Å²) in [4.78, 5) is 39.8. The van der Waals surface area contributed by atoms with Gasteiger partial charge in [0.05, 0.1) is 36.8 Å². The molecule has 160 valence electrons. The summed E-state index contributed by atoms with van der Waals surface area (Å²) >= 11 is 0. The van der Waals surface area contributed by atoms with E-state index in [0.717, 1.165) is 36.7 Å². The third kappa shape index (κ3) is 5.39. The summed E-state index contributed by atoms with van der Waals surface area (Å²) in [5.74, 6) is -1.99. The summed E-state index contributed by atoms with van der Waals surface area (Å²) in [6.45, 7) is 1.23. The third-order valence-corrected chi connectivity index (χ3v) is 5.76. The van der Waals surface area contributed by atoms with Crippen LogP contribution in [-0.2, 0) is 24.3 Å². The Kier molecular flexibility index (Phi) is 7.24. The van der Waals surface area contributed by atoms with Crippen LogP contribution in [0.15, 0.2) is 41.3 Å². The molecule has 0 atom stereocenters. The number of pyridine rings is 1. The van der Waals surface area contributed by atoms with E-state index in [1.807, 2.05) is 0 Å². The molecule has 11 heteroatoms. The zero-order valence-electron chi connectivity index (χ0n) is 16.8. The molecule has 1 heterocycles. The maximum absolute atomic E-state index is 12.9. The minimum absolute atomic E-state index is 0.152. The molecule has 0 fully saturated rings. The second-order valence-electron chi connectivity index (χ2n) is 6.20. The molecule has 1 aromatic heterocycles. The number of benzene rings is 1. The second kappa shape index (κ2) is 9.46. The average molecular weight is 435 g/mol. The summed E-state index contributed by atoms with van der Waals surface area (Å²) in [7, 11) is -0.787. The molecule has 10 nitrogen and oxygen atoms in total. The quantitative estimate of drug-likeness (QED) is 0.642. The number of hydrogen-bond donors (Lipinski definition) is 1. The van der Waals surface area contributed by atoms with Gasteiger partial charge in [0, 0.05) is 12.7 Å². The number of nitrogens with one attached hydrogen (secondary N) is 1. The van der Waals surface area contributed by atoms with E-state index in [4.69, 9.17) is 0 Å². The number of hydrogen-bond acceptors (Lipinski definition) is 8. The predicted molar refractivity (Wildman–Crippen MR) is 107 cm³/mol. The van der Waals surface area contributed by atoms with Crippen LogP contribution in [0.3, 0.4) is 0 Å². The Balaban J connectivity index is 2.31. The Bertz CT molecular complexity index is 1050. The molecule has 0 aliphatic carbocycles. The lowest BCUT2D eigenvalue weighted by Gasteiger charge is -2.18. The fourth-order valence-electron chi connectivity index (χ4n) is 2.48. The number of aromatic nitrogens is 1. The Morgan fingerprint density at radius 1 is 1.03 bits per heavy atom. The molecule has 2 rings (SSSR count). The SMILES string of the molecule is COC(=O)c1cc(C(=O)OC)cc(S(=O)(=O)N(C)CC(=O)Nc2cccc(C)n2)c1. The lowest BCUT2D eigenvalue weighted by atomic mass is 10.1. The first kappa shape index (κ1) is 23.0. The fourth-order valence-corrected chi connectivity index (χ4v) is 3.68. The zero-order chi connectivity index (χ0) is 22.5. The molecule has 2 aromatic rings. The largest absolute Gasteiger partial charge is 0.465 e. The second-order valence-corrected chi connectivity index (χ2v) is 8.25. The molecular weight excluding hydrogens is 414 g/mol. The highest BCUT2D eigenvalue weighted by Crippen LogP contribution is 2.20. The Morgan fingerprint density at radius 2 is 1.60 bits per heavy atom. The normalized spacial score (nSPS) is 11.1. The van der Waals surface area contributed by atoms with Crippen molar-refractivity contribution in [2.45, 2.75) is 11.8 Å². The van der Waals surface area contributed by atoms with E-state index < -0.39 is 34.4 Å². The zero-order valence-corrected chi connectivity index (χ0v) is 17.6. The van der Waals surface area contributed by atoms with Gasteiger partial charge in [-0.15, -0.1) is 0 Å². The number of esters is 2. The summed E-state index contributed by atoms with van der Waals surface area (Å²) < 4.78 is 35.8. The highest BCUT2D eigenvalue weighted by Gasteiger charge is 2.26. The van der Waals surface area contributed by atoms with E-state index in [9.17, 15) is 22.8 Å². The lowest BCUT2D eigenvalue weighted by molar-refractivity contribution is -0.116. The van der Waals surface area contributed by atoms with Crippen LogP contribution in [0.4, 0.5) is 5.82 Å². The Hall–Kier alpha value is -3.31. The van der Waals surface area contributed by atoms with Gasteiger partial charge in [-0.05, 0) is 37.3 Å². The van der Waals surface area contributed by atoms with Gasteiger partial charge < -0.3 is 14.8 Å². The molecule has 0 unspecified atom stereocenters. The van der Waals surface area contributed by atoms with E-state index in [0.29, 0.717) is 5.69 Å². The summed E-state index contributed by atoms with van der Waals surface area (Å²) in [6, 6.07) is 8.30. The van der Waals surface area contributed by atoms with E-state index in [2.05, 4.69) is 19.8 Å². The monoisotopic (exact) mass is 435 g/mol. The van der Waals surface area contributed by atoms with Gasteiger partial charge in [-0.3, -0.25) is 4.79 Å². The predicted octanol–water partition coefficient (Wildman–Crippen LogP) is 1.22. The van der Waals surface area contributed by atoms with Crippen LogP contribution < -0.4 is 5.32 Å². The van der Waals surface area contributed by atoms with Gasteiger partial charge in [-0.25, -0.2) is 23.0 Å². The number of sulfonamides is 1. The summed E-state index contributed by atoms with van der Waals surface area (Å²) in [6.07, 6.45) is 0. The van der Waals surface area contributed by atoms with Gasteiger partial charge in [0.25, 0.3) is 0 Å². The van der Waals surface area contributed by atoms with Crippen molar-refractivity contribution in [3.8, 4) is 0 Å². The minimum Gasteiger partial charge on any atom is -0.465 e. The van der Waals surface area contributed by atoms with Gasteiger partial charge in [0.1, 0.15) is 5.82 Å². The minimum atomic E-state index is -4.23. The van der Waals surface area contributed by atoms with Crippen molar-refractivity contribution >= 4 is 33.7 Å². The summed E-state index contributed by atoms with van der Waals surface area (Å²) in [5.41, 5.74) is 0.380.